The predicted molar refractivity (Wildman–Crippen MR) is 173 cm³/mol. The third kappa shape index (κ3) is 30.9. The molecule has 0 saturated carbocycles. The van der Waals surface area contributed by atoms with Crippen LogP contribution in [-0.2, 0) is 42.2 Å². The van der Waals surface area contributed by atoms with Gasteiger partial charge in [0.05, 0.1) is 27.8 Å². The lowest BCUT2D eigenvalue weighted by Gasteiger charge is -2.25. The van der Waals surface area contributed by atoms with E-state index in [-0.39, 0.29) is 32.0 Å². The van der Waals surface area contributed by atoms with E-state index >= 15 is 0 Å². The summed E-state index contributed by atoms with van der Waals surface area (Å²) >= 11 is 0. The van der Waals surface area contributed by atoms with Gasteiger partial charge >= 0.3 is 17.9 Å². The fourth-order valence-electron chi connectivity index (χ4n) is 4.65. The van der Waals surface area contributed by atoms with E-state index in [9.17, 15) is 23.8 Å². The molecular formula is C33H64NO10P. The second-order valence-electron chi connectivity index (χ2n) is 12.2. The Morgan fingerprint density at radius 3 is 1.56 bits per heavy atom. The first-order valence-corrected chi connectivity index (χ1v) is 18.9. The molecule has 0 spiro atoms. The van der Waals surface area contributed by atoms with Gasteiger partial charge in [0.25, 0.3) is 7.82 Å². The van der Waals surface area contributed by atoms with Gasteiger partial charge in [-0.05, 0) is 19.3 Å². The first-order chi connectivity index (χ1) is 21.6. The van der Waals surface area contributed by atoms with Gasteiger partial charge in [-0.2, -0.15) is 0 Å². The van der Waals surface area contributed by atoms with Crippen molar-refractivity contribution in [3.05, 3.63) is 0 Å². The summed E-state index contributed by atoms with van der Waals surface area (Å²) in [5.74, 6) is -1.17. The van der Waals surface area contributed by atoms with Crippen LogP contribution in [0.5, 0.6) is 0 Å². The highest BCUT2D eigenvalue weighted by Gasteiger charge is 2.21. The van der Waals surface area contributed by atoms with Gasteiger partial charge in [0, 0.05) is 19.3 Å². The van der Waals surface area contributed by atoms with Gasteiger partial charge in [0.15, 0.2) is 6.10 Å². The average molecular weight is 666 g/mol. The lowest BCUT2D eigenvalue weighted by atomic mass is 10.0. The predicted octanol–water partition coefficient (Wildman–Crippen LogP) is 5.47. The first kappa shape index (κ1) is 43.5. The molecule has 0 aliphatic rings. The normalized spacial score (nSPS) is 13.4. The molecule has 0 aromatic carbocycles. The van der Waals surface area contributed by atoms with Gasteiger partial charge < -0.3 is 33.1 Å². The van der Waals surface area contributed by atoms with E-state index in [1.54, 1.807) is 0 Å². The molecule has 0 amide bonds. The Bertz CT molecular complexity index is 795. The number of carbonyl (C=O) groups excluding carboxylic acids is 3. The third-order valence-corrected chi connectivity index (χ3v) is 8.44. The number of esters is 3. The number of ether oxygens (including phenoxy) is 3. The van der Waals surface area contributed by atoms with E-state index in [2.05, 4.69) is 11.7 Å². The third-order valence-electron chi connectivity index (χ3n) is 7.47. The Kier molecular flexibility index (Phi) is 28.8. The van der Waals surface area contributed by atoms with Crippen molar-refractivity contribution >= 4 is 25.7 Å². The SMILES string of the molecule is CCCCCCCCCCCCCCCC(=O)OC[C@H](COP(=O)([O-])OCC[NH+](C)C)OC(=O)CCCCCCCC(=O)OC. The van der Waals surface area contributed by atoms with Crippen LogP contribution in [-0.4, -0.2) is 71.6 Å². The number of rotatable bonds is 32. The Morgan fingerprint density at radius 2 is 1.09 bits per heavy atom. The lowest BCUT2D eigenvalue weighted by molar-refractivity contribution is -0.858. The van der Waals surface area contributed by atoms with Gasteiger partial charge in [-0.15, -0.1) is 0 Å². The molecule has 0 heterocycles. The number of quaternary nitrogens is 1. The zero-order valence-electron chi connectivity index (χ0n) is 28.8. The van der Waals surface area contributed by atoms with Crippen molar-refractivity contribution in [2.24, 2.45) is 0 Å². The number of phosphoric acid groups is 1. The van der Waals surface area contributed by atoms with Crippen LogP contribution in [0, 0.1) is 0 Å². The van der Waals surface area contributed by atoms with Crippen molar-refractivity contribution in [2.45, 2.75) is 148 Å². The number of phosphoric ester groups is 1. The average Bonchev–Trinajstić information content (AvgIpc) is 2.99. The minimum absolute atomic E-state index is 0.0404. The zero-order chi connectivity index (χ0) is 33.6. The maximum absolute atomic E-state index is 12.4. The van der Waals surface area contributed by atoms with Gasteiger partial charge in [-0.1, -0.05) is 103 Å². The van der Waals surface area contributed by atoms with E-state index < -0.39 is 32.5 Å². The molecular weight excluding hydrogens is 601 g/mol. The summed E-state index contributed by atoms with van der Waals surface area (Å²) in [4.78, 5) is 49.1. The molecule has 0 aliphatic carbocycles. The topological polar surface area (TPSA) is 142 Å². The van der Waals surface area contributed by atoms with Crippen molar-refractivity contribution in [2.75, 3.05) is 47.6 Å². The molecule has 11 nitrogen and oxygen atoms in total. The van der Waals surface area contributed by atoms with E-state index in [0.29, 0.717) is 25.8 Å². The molecule has 0 saturated heterocycles. The summed E-state index contributed by atoms with van der Waals surface area (Å²) in [6.45, 7) is 1.87. The molecule has 266 valence electrons. The van der Waals surface area contributed by atoms with Gasteiger partial charge in [-0.3, -0.25) is 18.9 Å². The Hall–Kier alpha value is -1.52. The number of unbranched alkanes of at least 4 members (excludes halogenated alkanes) is 16. The van der Waals surface area contributed by atoms with Crippen molar-refractivity contribution < 1.29 is 52.0 Å². The summed E-state index contributed by atoms with van der Waals surface area (Å²) < 4.78 is 37.3. The zero-order valence-corrected chi connectivity index (χ0v) is 29.7. The summed E-state index contributed by atoms with van der Waals surface area (Å²) in [5.41, 5.74) is 0. The molecule has 0 fully saturated rings. The molecule has 0 rings (SSSR count). The summed E-state index contributed by atoms with van der Waals surface area (Å²) in [6, 6.07) is 0. The van der Waals surface area contributed by atoms with Crippen LogP contribution in [0.25, 0.3) is 0 Å². The number of carbonyl (C=O) groups is 3. The van der Waals surface area contributed by atoms with E-state index in [1.165, 1.54) is 71.3 Å². The largest absolute Gasteiger partial charge is 0.756 e. The molecule has 1 N–H and O–H groups in total. The molecule has 45 heavy (non-hydrogen) atoms. The highest BCUT2D eigenvalue weighted by molar-refractivity contribution is 7.45. The summed E-state index contributed by atoms with van der Waals surface area (Å²) in [7, 11) is 0.482. The van der Waals surface area contributed by atoms with Crippen molar-refractivity contribution in [1.82, 2.24) is 0 Å². The molecule has 0 aromatic rings. The fourth-order valence-corrected chi connectivity index (χ4v) is 5.39. The number of hydrogen-bond acceptors (Lipinski definition) is 10. The Balaban J connectivity index is 4.37. The smallest absolute Gasteiger partial charge is 0.306 e. The molecule has 0 aliphatic heterocycles. The first-order valence-electron chi connectivity index (χ1n) is 17.4. The number of likely N-dealkylation sites (N-methyl/N-ethyl adjacent to an activating group) is 1. The molecule has 1 unspecified atom stereocenters. The highest BCUT2D eigenvalue weighted by Crippen LogP contribution is 2.38. The van der Waals surface area contributed by atoms with E-state index in [1.807, 2.05) is 14.1 Å². The van der Waals surface area contributed by atoms with Crippen molar-refractivity contribution in [3.63, 3.8) is 0 Å². The Labute approximate surface area is 273 Å². The van der Waals surface area contributed by atoms with Crippen LogP contribution in [0.3, 0.4) is 0 Å². The molecule has 12 heteroatoms. The number of methoxy groups -OCH3 is 1. The quantitative estimate of drug-likeness (QED) is 0.0425. The van der Waals surface area contributed by atoms with Crippen LogP contribution in [0.1, 0.15) is 142 Å². The van der Waals surface area contributed by atoms with E-state index in [0.717, 1.165) is 43.4 Å². The van der Waals surface area contributed by atoms with Crippen molar-refractivity contribution in [3.8, 4) is 0 Å². The highest BCUT2D eigenvalue weighted by atomic mass is 31.2. The van der Waals surface area contributed by atoms with Crippen LogP contribution in [0.4, 0.5) is 0 Å². The monoisotopic (exact) mass is 665 g/mol. The molecule has 0 radical (unpaired) electrons. The minimum atomic E-state index is -4.61. The van der Waals surface area contributed by atoms with Crippen LogP contribution >= 0.6 is 7.82 Å². The molecule has 0 bridgehead atoms. The summed E-state index contributed by atoms with van der Waals surface area (Å²) in [5, 5.41) is 0. The van der Waals surface area contributed by atoms with Crippen LogP contribution < -0.4 is 9.79 Å². The number of hydrogen-bond donors (Lipinski definition) is 1. The van der Waals surface area contributed by atoms with Gasteiger partial charge in [0.1, 0.15) is 19.8 Å². The summed E-state index contributed by atoms with van der Waals surface area (Å²) in [6.07, 6.45) is 19.2. The second-order valence-corrected chi connectivity index (χ2v) is 13.6. The molecule has 2 atom stereocenters. The standard InChI is InChI=1S/C33H64NO10P/c1-5-6-7-8-9-10-11-12-13-14-15-17-21-24-32(36)41-28-30(29-43-45(38,39)42-27-26-34(2)3)44-33(37)25-22-19-16-18-20-23-31(35)40-4/h30H,5-29H2,1-4H3,(H,38,39)/t30-/m1/s1. The minimum Gasteiger partial charge on any atom is -0.756 e. The fraction of sp³-hybridized carbons (Fsp3) is 0.909. The van der Waals surface area contributed by atoms with Crippen LogP contribution in [0.15, 0.2) is 0 Å². The molecule has 0 aromatic heterocycles. The van der Waals surface area contributed by atoms with Crippen molar-refractivity contribution in [1.29, 1.82) is 0 Å². The Morgan fingerprint density at radius 1 is 0.644 bits per heavy atom. The maximum Gasteiger partial charge on any atom is 0.306 e. The van der Waals surface area contributed by atoms with Gasteiger partial charge in [0.2, 0.25) is 0 Å². The second kappa shape index (κ2) is 29.9. The lowest BCUT2D eigenvalue weighted by Crippen LogP contribution is -3.06. The number of nitrogens with one attached hydrogen (secondary N) is 1. The van der Waals surface area contributed by atoms with Gasteiger partial charge in [-0.25, -0.2) is 0 Å². The van der Waals surface area contributed by atoms with E-state index in [4.69, 9.17) is 18.5 Å². The van der Waals surface area contributed by atoms with Crippen LogP contribution in [0.2, 0.25) is 0 Å². The maximum atomic E-state index is 12.4.